The van der Waals surface area contributed by atoms with E-state index in [1.807, 2.05) is 6.07 Å². The Balaban J connectivity index is 1.71. The van der Waals surface area contributed by atoms with Crippen LogP contribution in [-0.2, 0) is 16.0 Å². The van der Waals surface area contributed by atoms with E-state index in [0.717, 1.165) is 29.0 Å². The van der Waals surface area contributed by atoms with Crippen LogP contribution in [0.3, 0.4) is 0 Å². The second-order valence-electron chi connectivity index (χ2n) is 9.76. The molecule has 1 aromatic heterocycles. The average Bonchev–Trinajstić information content (AvgIpc) is 3.46. The largest absolute Gasteiger partial charge is 0.496 e. The summed E-state index contributed by atoms with van der Waals surface area (Å²) < 4.78 is 42.9. The first-order valence-corrected chi connectivity index (χ1v) is 14.1. The van der Waals surface area contributed by atoms with E-state index in [2.05, 4.69) is 10.3 Å². The molecule has 1 heterocycles. The Morgan fingerprint density at radius 1 is 1.20 bits per heavy atom. The Morgan fingerprint density at radius 2 is 1.98 bits per heavy atom. The number of amides is 1. The molecule has 1 aliphatic carbocycles. The van der Waals surface area contributed by atoms with Crippen molar-refractivity contribution in [3.05, 3.63) is 69.7 Å². The number of para-hydroxylation sites is 1. The van der Waals surface area contributed by atoms with Crippen molar-refractivity contribution in [2.45, 2.75) is 45.4 Å². The van der Waals surface area contributed by atoms with E-state index in [-0.39, 0.29) is 16.3 Å². The molecule has 40 heavy (non-hydrogen) atoms. The van der Waals surface area contributed by atoms with E-state index in [1.54, 1.807) is 17.5 Å². The molecule has 0 aliphatic heterocycles. The second kappa shape index (κ2) is 13.6. The highest BCUT2D eigenvalue weighted by molar-refractivity contribution is 7.13. The van der Waals surface area contributed by atoms with E-state index < -0.39 is 34.6 Å². The number of carboxylic acids is 1. The van der Waals surface area contributed by atoms with Crippen molar-refractivity contribution >= 4 is 34.4 Å². The summed E-state index contributed by atoms with van der Waals surface area (Å²) in [4.78, 5) is 28.7. The molecular weight excluding hydrogens is 538 g/mol. The van der Waals surface area contributed by atoms with Gasteiger partial charge >= 0.3 is 5.97 Å². The number of carbonyl (C=O) groups is 2. The molecule has 1 aliphatic rings. The number of ether oxygens (including phenoxy) is 2. The summed E-state index contributed by atoms with van der Waals surface area (Å²) in [6.45, 7) is 2.37. The lowest BCUT2D eigenvalue weighted by Gasteiger charge is -2.21. The van der Waals surface area contributed by atoms with Crippen LogP contribution in [0.5, 0.6) is 5.75 Å². The Bertz CT molecular complexity index is 1390. The SMILES string of the molecule is COc1c(CCOCC2CCCCC2)cccc1-c1cc(F)c(C=C(C)C(=O)O)c(F)c1C(=O)Nc1nccs1. The van der Waals surface area contributed by atoms with Crippen LogP contribution in [0.4, 0.5) is 13.9 Å². The zero-order valence-corrected chi connectivity index (χ0v) is 23.3. The van der Waals surface area contributed by atoms with Gasteiger partial charge in [-0.1, -0.05) is 37.5 Å². The number of nitrogens with one attached hydrogen (secondary N) is 1. The van der Waals surface area contributed by atoms with Gasteiger partial charge in [-0.3, -0.25) is 10.1 Å². The highest BCUT2D eigenvalue weighted by Gasteiger charge is 2.27. The third-order valence-corrected chi connectivity index (χ3v) is 7.71. The summed E-state index contributed by atoms with van der Waals surface area (Å²) in [5, 5.41) is 13.7. The predicted molar refractivity (Wildman–Crippen MR) is 151 cm³/mol. The molecule has 0 unspecified atom stereocenters. The van der Waals surface area contributed by atoms with Gasteiger partial charge in [0, 0.05) is 40.4 Å². The number of thiazole rings is 1. The van der Waals surface area contributed by atoms with E-state index in [1.165, 1.54) is 52.3 Å². The van der Waals surface area contributed by atoms with Gasteiger partial charge in [-0.05, 0) is 49.8 Å². The van der Waals surface area contributed by atoms with Gasteiger partial charge in [-0.25, -0.2) is 18.6 Å². The molecule has 7 nitrogen and oxygen atoms in total. The molecule has 10 heteroatoms. The van der Waals surface area contributed by atoms with Crippen LogP contribution >= 0.6 is 11.3 Å². The lowest BCUT2D eigenvalue weighted by Crippen LogP contribution is -2.17. The molecule has 1 saturated carbocycles. The van der Waals surface area contributed by atoms with E-state index in [4.69, 9.17) is 9.47 Å². The molecule has 2 aromatic carbocycles. The normalized spacial score (nSPS) is 14.2. The smallest absolute Gasteiger partial charge is 0.331 e. The summed E-state index contributed by atoms with van der Waals surface area (Å²) >= 11 is 1.14. The standard InChI is InChI=1S/C30H32F2N2O5S/c1-18(29(36)37)15-23-24(31)16-22(25(26(23)32)28(35)34-30-33-12-14-40-30)21-10-6-9-20(27(21)38-2)11-13-39-17-19-7-4-3-5-8-19/h6,9-10,12,14-16,19H,3-5,7-8,11,13,17H2,1-2H3,(H,36,37)(H,33,34,35). The molecule has 0 radical (unpaired) electrons. The number of nitrogens with zero attached hydrogens (tertiary/aromatic N) is 1. The number of methoxy groups -OCH3 is 1. The van der Waals surface area contributed by atoms with Crippen LogP contribution < -0.4 is 10.1 Å². The van der Waals surface area contributed by atoms with Gasteiger partial charge in [0.25, 0.3) is 5.91 Å². The summed E-state index contributed by atoms with van der Waals surface area (Å²) in [5.41, 5.74) is -0.314. The number of aliphatic carboxylic acids is 1. The Morgan fingerprint density at radius 3 is 2.65 bits per heavy atom. The zero-order valence-electron chi connectivity index (χ0n) is 22.5. The molecule has 212 valence electrons. The first-order chi connectivity index (χ1) is 19.3. The minimum absolute atomic E-state index is 0.0315. The second-order valence-corrected chi connectivity index (χ2v) is 10.7. The lowest BCUT2D eigenvalue weighted by atomic mass is 9.90. The van der Waals surface area contributed by atoms with Crippen LogP contribution in [0.15, 0.2) is 41.4 Å². The maximum absolute atomic E-state index is 15.9. The fourth-order valence-corrected chi connectivity index (χ4v) is 5.47. The van der Waals surface area contributed by atoms with Gasteiger partial charge in [0.15, 0.2) is 5.13 Å². The number of carboxylic acid groups (broad SMARTS) is 1. The number of hydrogen-bond donors (Lipinski definition) is 2. The lowest BCUT2D eigenvalue weighted by molar-refractivity contribution is -0.132. The maximum atomic E-state index is 15.9. The summed E-state index contributed by atoms with van der Waals surface area (Å²) in [7, 11) is 1.46. The fraction of sp³-hybridized carbons (Fsp3) is 0.367. The average molecular weight is 571 g/mol. The third kappa shape index (κ3) is 6.92. The van der Waals surface area contributed by atoms with Gasteiger partial charge in [-0.15, -0.1) is 11.3 Å². The van der Waals surface area contributed by atoms with Crippen molar-refractivity contribution in [3.8, 4) is 16.9 Å². The Labute approximate surface area is 235 Å². The molecule has 0 spiro atoms. The topological polar surface area (TPSA) is 97.8 Å². The van der Waals surface area contributed by atoms with Crippen molar-refractivity contribution < 1.29 is 33.0 Å². The zero-order chi connectivity index (χ0) is 28.6. The van der Waals surface area contributed by atoms with Gasteiger partial charge in [0.05, 0.1) is 19.3 Å². The summed E-state index contributed by atoms with van der Waals surface area (Å²) in [6.07, 6.45) is 8.97. The van der Waals surface area contributed by atoms with Crippen molar-refractivity contribution in [3.63, 3.8) is 0 Å². The van der Waals surface area contributed by atoms with Gasteiger partial charge in [0.1, 0.15) is 17.4 Å². The van der Waals surface area contributed by atoms with E-state index in [9.17, 15) is 14.7 Å². The number of halogens is 2. The van der Waals surface area contributed by atoms with E-state index >= 15 is 8.78 Å². The van der Waals surface area contributed by atoms with Crippen LogP contribution in [0.25, 0.3) is 17.2 Å². The number of carbonyl (C=O) groups excluding carboxylic acids is 1. The molecule has 0 bridgehead atoms. The van der Waals surface area contributed by atoms with Crippen LogP contribution in [0, 0.1) is 17.6 Å². The number of benzene rings is 2. The summed E-state index contributed by atoms with van der Waals surface area (Å²) in [5.74, 6) is -3.44. The van der Waals surface area contributed by atoms with Crippen LogP contribution in [0.1, 0.15) is 60.5 Å². The highest BCUT2D eigenvalue weighted by atomic mass is 32.1. The minimum atomic E-state index is -1.34. The number of aromatic nitrogens is 1. The molecule has 3 aromatic rings. The Hall–Kier alpha value is -3.63. The monoisotopic (exact) mass is 570 g/mol. The van der Waals surface area contributed by atoms with E-state index in [0.29, 0.717) is 36.9 Å². The molecule has 1 fully saturated rings. The molecule has 4 rings (SSSR count). The van der Waals surface area contributed by atoms with Crippen molar-refractivity contribution in [1.29, 1.82) is 0 Å². The van der Waals surface area contributed by atoms with Crippen LogP contribution in [0.2, 0.25) is 0 Å². The summed E-state index contributed by atoms with van der Waals surface area (Å²) in [6, 6.07) is 6.23. The van der Waals surface area contributed by atoms with Gasteiger partial charge in [0.2, 0.25) is 0 Å². The van der Waals surface area contributed by atoms with Gasteiger partial charge < -0.3 is 14.6 Å². The molecule has 2 N–H and O–H groups in total. The first-order valence-electron chi connectivity index (χ1n) is 13.2. The third-order valence-electron chi connectivity index (χ3n) is 7.02. The van der Waals surface area contributed by atoms with Crippen molar-refractivity contribution in [2.75, 3.05) is 25.6 Å². The van der Waals surface area contributed by atoms with Crippen molar-refractivity contribution in [2.24, 2.45) is 5.92 Å². The maximum Gasteiger partial charge on any atom is 0.331 e. The van der Waals surface area contributed by atoms with Crippen molar-refractivity contribution in [1.82, 2.24) is 4.98 Å². The molecule has 0 atom stereocenters. The first kappa shape index (κ1) is 29.4. The molecule has 1 amide bonds. The minimum Gasteiger partial charge on any atom is -0.496 e. The number of hydrogen-bond acceptors (Lipinski definition) is 6. The fourth-order valence-electron chi connectivity index (χ4n) is 4.94. The quantitative estimate of drug-likeness (QED) is 0.191. The Kier molecular flexibility index (Phi) is 10.0. The number of rotatable bonds is 11. The predicted octanol–water partition coefficient (Wildman–Crippen LogP) is 6.98. The molecular formula is C30H32F2N2O5S. The number of anilines is 1. The molecule has 0 saturated heterocycles. The van der Waals surface area contributed by atoms with Gasteiger partial charge in [-0.2, -0.15) is 0 Å². The highest BCUT2D eigenvalue weighted by Crippen LogP contribution is 2.39. The van der Waals surface area contributed by atoms with Crippen LogP contribution in [-0.4, -0.2) is 42.3 Å².